The van der Waals surface area contributed by atoms with E-state index >= 15 is 0 Å². The van der Waals surface area contributed by atoms with Gasteiger partial charge in [-0.15, -0.1) is 0 Å². The molecule has 0 amide bonds. The summed E-state index contributed by atoms with van der Waals surface area (Å²) >= 11 is 6.09. The minimum Gasteiger partial charge on any atom is -0.469 e. The fourth-order valence-corrected chi connectivity index (χ4v) is 4.73. The fourth-order valence-electron chi connectivity index (χ4n) is 4.56. The molecule has 0 saturated heterocycles. The molecule has 6 nitrogen and oxygen atoms in total. The number of carbonyl (C=O) groups excluding carboxylic acids is 1. The molecule has 2 atom stereocenters. The van der Waals surface area contributed by atoms with Gasteiger partial charge in [-0.3, -0.25) is 4.79 Å². The van der Waals surface area contributed by atoms with Crippen molar-refractivity contribution in [2.45, 2.75) is 31.7 Å². The number of fused-ring (bicyclic) bond motifs is 4. The third kappa shape index (κ3) is 2.44. The molecule has 2 aromatic heterocycles. The zero-order valence-electron chi connectivity index (χ0n) is 13.8. The number of hydrogen-bond donors (Lipinski definition) is 1. The van der Waals surface area contributed by atoms with Gasteiger partial charge >= 0.3 is 5.97 Å². The van der Waals surface area contributed by atoms with Crippen LogP contribution in [0.15, 0.2) is 12.3 Å². The van der Waals surface area contributed by atoms with Gasteiger partial charge in [-0.05, 0) is 55.2 Å². The van der Waals surface area contributed by atoms with Crippen molar-refractivity contribution in [2.24, 2.45) is 24.8 Å². The summed E-state index contributed by atoms with van der Waals surface area (Å²) in [7, 11) is 3.42. The number of aromatic nitrogens is 3. The monoisotopic (exact) mass is 348 g/mol. The molecule has 0 spiro atoms. The Kier molecular flexibility index (Phi) is 3.87. The number of hydrogen-bond acceptors (Lipinski definition) is 5. The Balaban J connectivity index is 1.73. The van der Waals surface area contributed by atoms with Crippen LogP contribution in [0.4, 0.5) is 5.82 Å². The number of nitrogens with zero attached hydrogens (tertiary/aromatic N) is 3. The van der Waals surface area contributed by atoms with Crippen molar-refractivity contribution in [3.63, 3.8) is 0 Å². The third-order valence-corrected chi connectivity index (χ3v) is 5.86. The molecule has 5 rings (SSSR count). The Hall–Kier alpha value is -1.82. The SMILES string of the molecule is COC(=O)C1C2CCC(CC2)C1Nc1nc(Cl)nc2ccn(C)c12. The molecule has 0 aromatic carbocycles. The molecule has 3 fully saturated rings. The molecule has 128 valence electrons. The Morgan fingerprint density at radius 3 is 2.71 bits per heavy atom. The molecule has 24 heavy (non-hydrogen) atoms. The number of halogens is 1. The molecule has 3 aliphatic rings. The number of nitrogens with one attached hydrogen (secondary N) is 1. The Labute approximate surface area is 145 Å². The van der Waals surface area contributed by atoms with E-state index in [9.17, 15) is 4.79 Å². The van der Waals surface area contributed by atoms with Crippen molar-refractivity contribution < 1.29 is 9.53 Å². The van der Waals surface area contributed by atoms with Crippen LogP contribution in [0.25, 0.3) is 11.0 Å². The maximum Gasteiger partial charge on any atom is 0.311 e. The lowest BCUT2D eigenvalue weighted by Crippen LogP contribution is -2.51. The minimum atomic E-state index is -0.120. The summed E-state index contributed by atoms with van der Waals surface area (Å²) in [4.78, 5) is 21.1. The number of rotatable bonds is 3. The molecule has 1 N–H and O–H groups in total. The number of aryl methyl sites for hydroxylation is 1. The average molecular weight is 349 g/mol. The summed E-state index contributed by atoms with van der Waals surface area (Å²) in [5, 5.41) is 3.75. The second kappa shape index (κ2) is 5.92. The second-order valence-corrected chi connectivity index (χ2v) is 7.23. The van der Waals surface area contributed by atoms with Crippen LogP contribution in [0.2, 0.25) is 5.28 Å². The predicted octanol–water partition coefficient (Wildman–Crippen LogP) is 3.01. The normalized spacial score (nSPS) is 29.0. The highest BCUT2D eigenvalue weighted by Crippen LogP contribution is 2.47. The predicted molar refractivity (Wildman–Crippen MR) is 91.9 cm³/mol. The van der Waals surface area contributed by atoms with E-state index in [1.54, 1.807) is 0 Å². The summed E-state index contributed by atoms with van der Waals surface area (Å²) in [6.45, 7) is 0. The molecule has 2 unspecified atom stereocenters. The lowest BCUT2D eigenvalue weighted by molar-refractivity contribution is -0.152. The van der Waals surface area contributed by atoms with Crippen molar-refractivity contribution in [1.29, 1.82) is 0 Å². The number of ether oxygens (including phenoxy) is 1. The fraction of sp³-hybridized carbons (Fsp3) is 0.588. The molecule has 2 bridgehead atoms. The third-order valence-electron chi connectivity index (χ3n) is 5.69. The Morgan fingerprint density at radius 1 is 1.29 bits per heavy atom. The van der Waals surface area contributed by atoms with E-state index in [1.165, 1.54) is 7.11 Å². The van der Waals surface area contributed by atoms with Gasteiger partial charge < -0.3 is 14.6 Å². The largest absolute Gasteiger partial charge is 0.469 e. The van der Waals surface area contributed by atoms with E-state index in [-0.39, 0.29) is 23.2 Å². The molecule has 0 radical (unpaired) electrons. The molecule has 0 aliphatic heterocycles. The van der Waals surface area contributed by atoms with Crippen molar-refractivity contribution in [2.75, 3.05) is 12.4 Å². The summed E-state index contributed by atoms with van der Waals surface area (Å²) in [6, 6.07) is 1.95. The summed E-state index contributed by atoms with van der Waals surface area (Å²) in [5.41, 5.74) is 1.71. The van der Waals surface area contributed by atoms with Crippen molar-refractivity contribution >= 4 is 34.4 Å². The van der Waals surface area contributed by atoms with Crippen LogP contribution >= 0.6 is 11.6 Å². The number of anilines is 1. The van der Waals surface area contributed by atoms with Gasteiger partial charge in [0, 0.05) is 19.3 Å². The lowest BCUT2D eigenvalue weighted by Gasteiger charge is -2.47. The van der Waals surface area contributed by atoms with Crippen LogP contribution in [-0.2, 0) is 16.6 Å². The zero-order valence-corrected chi connectivity index (χ0v) is 14.6. The first kappa shape index (κ1) is 15.7. The van der Waals surface area contributed by atoms with Crippen LogP contribution in [-0.4, -0.2) is 33.7 Å². The van der Waals surface area contributed by atoms with Crippen molar-refractivity contribution in [1.82, 2.24) is 14.5 Å². The Morgan fingerprint density at radius 2 is 2.00 bits per heavy atom. The highest BCUT2D eigenvalue weighted by Gasteiger charge is 2.48. The van der Waals surface area contributed by atoms with Gasteiger partial charge in [0.2, 0.25) is 5.28 Å². The van der Waals surface area contributed by atoms with Gasteiger partial charge in [0.15, 0.2) is 5.82 Å². The second-order valence-electron chi connectivity index (χ2n) is 6.90. The van der Waals surface area contributed by atoms with Gasteiger partial charge in [0.1, 0.15) is 5.52 Å². The summed E-state index contributed by atoms with van der Waals surface area (Å²) in [6.07, 6.45) is 6.43. The van der Waals surface area contributed by atoms with E-state index in [4.69, 9.17) is 16.3 Å². The first-order chi connectivity index (χ1) is 11.6. The quantitative estimate of drug-likeness (QED) is 0.682. The van der Waals surface area contributed by atoms with Gasteiger partial charge in [-0.25, -0.2) is 4.98 Å². The maximum absolute atomic E-state index is 12.4. The van der Waals surface area contributed by atoms with Crippen molar-refractivity contribution in [3.05, 3.63) is 17.5 Å². The van der Waals surface area contributed by atoms with Gasteiger partial charge in [0.25, 0.3) is 0 Å². The van der Waals surface area contributed by atoms with Gasteiger partial charge in [-0.2, -0.15) is 4.98 Å². The molecule has 3 aliphatic carbocycles. The van der Waals surface area contributed by atoms with E-state index < -0.39 is 0 Å². The van der Waals surface area contributed by atoms with Gasteiger partial charge in [0.05, 0.1) is 18.5 Å². The Bertz CT molecular complexity index is 782. The zero-order chi connectivity index (χ0) is 16.8. The van der Waals surface area contributed by atoms with Crippen LogP contribution < -0.4 is 5.32 Å². The van der Waals surface area contributed by atoms with Gasteiger partial charge in [-0.1, -0.05) is 0 Å². The first-order valence-electron chi connectivity index (χ1n) is 8.41. The maximum atomic E-state index is 12.4. The van der Waals surface area contributed by atoms with Crippen LogP contribution in [0.3, 0.4) is 0 Å². The first-order valence-corrected chi connectivity index (χ1v) is 8.79. The van der Waals surface area contributed by atoms with Crippen LogP contribution in [0.1, 0.15) is 25.7 Å². The van der Waals surface area contributed by atoms with E-state index in [0.717, 1.165) is 36.7 Å². The lowest BCUT2D eigenvalue weighted by atomic mass is 9.61. The van der Waals surface area contributed by atoms with Crippen molar-refractivity contribution in [3.8, 4) is 0 Å². The summed E-state index contributed by atoms with van der Waals surface area (Å²) in [5.74, 6) is 1.31. The molecular formula is C17H21ClN4O2. The number of methoxy groups -OCH3 is 1. The minimum absolute atomic E-state index is 0.0361. The molecule has 2 heterocycles. The van der Waals surface area contributed by atoms with Crippen LogP contribution in [0, 0.1) is 17.8 Å². The molecule has 7 heteroatoms. The number of carbonyl (C=O) groups is 1. The van der Waals surface area contributed by atoms with Crippen LogP contribution in [0.5, 0.6) is 0 Å². The number of esters is 1. The smallest absolute Gasteiger partial charge is 0.311 e. The highest BCUT2D eigenvalue weighted by molar-refractivity contribution is 6.28. The molecular weight excluding hydrogens is 328 g/mol. The molecule has 2 aromatic rings. The average Bonchev–Trinajstić information content (AvgIpc) is 2.96. The van der Waals surface area contributed by atoms with E-state index in [2.05, 4.69) is 15.3 Å². The standard InChI is InChI=1S/C17H21ClN4O2/c1-22-8-7-11-14(22)15(21-17(18)19-11)20-13-10-5-3-9(4-6-10)12(13)16(23)24-2/h7-10,12-13H,3-6H2,1-2H3,(H,19,20,21). The topological polar surface area (TPSA) is 69.0 Å². The summed E-state index contributed by atoms with van der Waals surface area (Å²) < 4.78 is 7.06. The molecule has 3 saturated carbocycles. The highest BCUT2D eigenvalue weighted by atomic mass is 35.5. The van der Waals surface area contributed by atoms with E-state index in [0.29, 0.717) is 17.7 Å². The van der Waals surface area contributed by atoms with E-state index in [1.807, 2.05) is 23.9 Å².